The van der Waals surface area contributed by atoms with Crippen LogP contribution in [0.4, 0.5) is 0 Å². The fourth-order valence-corrected chi connectivity index (χ4v) is 3.57. The van der Waals surface area contributed by atoms with E-state index in [4.69, 9.17) is 0 Å². The van der Waals surface area contributed by atoms with E-state index in [0.29, 0.717) is 5.75 Å². The van der Waals surface area contributed by atoms with Crippen LogP contribution in [0, 0.1) is 20.8 Å². The molecule has 0 aliphatic heterocycles. The molecule has 1 atom stereocenters. The molecule has 1 nitrogen and oxygen atoms in total. The van der Waals surface area contributed by atoms with Gasteiger partial charge in [0.15, 0.2) is 0 Å². The SMILES string of the molecule is Cc1cc(C)c(C[S@](=O)c2ccccc2)c(C)c1. The molecule has 0 radical (unpaired) electrons. The summed E-state index contributed by atoms with van der Waals surface area (Å²) in [5.41, 5.74) is 4.94. The second-order valence-electron chi connectivity index (χ2n) is 4.68. The molecule has 0 fully saturated rings. The van der Waals surface area contributed by atoms with Gasteiger partial charge in [-0.3, -0.25) is 4.21 Å². The van der Waals surface area contributed by atoms with Crippen LogP contribution in [0.3, 0.4) is 0 Å². The number of hydrogen-bond acceptors (Lipinski definition) is 1. The molecule has 0 heterocycles. The number of rotatable bonds is 3. The molecule has 0 amide bonds. The molecule has 0 bridgehead atoms. The molecular weight excluding hydrogens is 240 g/mol. The molecule has 0 spiro atoms. The summed E-state index contributed by atoms with van der Waals surface area (Å²) in [5, 5.41) is 0. The molecule has 0 saturated heterocycles. The van der Waals surface area contributed by atoms with Crippen molar-refractivity contribution in [3.8, 4) is 0 Å². The van der Waals surface area contributed by atoms with Gasteiger partial charge in [-0.15, -0.1) is 0 Å². The lowest BCUT2D eigenvalue weighted by Crippen LogP contribution is -2.01. The average molecular weight is 258 g/mol. The Bertz CT molecular complexity index is 550. The predicted octanol–water partition coefficient (Wildman–Crippen LogP) is 3.92. The van der Waals surface area contributed by atoms with Crippen molar-refractivity contribution >= 4 is 10.8 Å². The molecule has 0 saturated carbocycles. The first-order valence-electron chi connectivity index (χ1n) is 6.08. The summed E-state index contributed by atoms with van der Waals surface area (Å²) in [6.07, 6.45) is 0. The van der Waals surface area contributed by atoms with E-state index in [0.717, 1.165) is 4.90 Å². The second-order valence-corrected chi connectivity index (χ2v) is 6.13. The zero-order valence-electron chi connectivity index (χ0n) is 11.1. The highest BCUT2D eigenvalue weighted by atomic mass is 32.2. The Morgan fingerprint density at radius 3 is 2.06 bits per heavy atom. The Morgan fingerprint density at radius 2 is 1.50 bits per heavy atom. The van der Waals surface area contributed by atoms with Crippen LogP contribution in [0.25, 0.3) is 0 Å². The molecule has 2 heteroatoms. The highest BCUT2D eigenvalue weighted by Gasteiger charge is 2.09. The quantitative estimate of drug-likeness (QED) is 0.815. The highest BCUT2D eigenvalue weighted by Crippen LogP contribution is 2.20. The van der Waals surface area contributed by atoms with Crippen molar-refractivity contribution in [1.29, 1.82) is 0 Å². The van der Waals surface area contributed by atoms with Crippen molar-refractivity contribution in [2.75, 3.05) is 0 Å². The molecule has 94 valence electrons. The summed E-state index contributed by atoms with van der Waals surface area (Å²) in [7, 11) is -0.962. The molecule has 2 rings (SSSR count). The lowest BCUT2D eigenvalue weighted by atomic mass is 10.0. The third-order valence-electron chi connectivity index (χ3n) is 3.12. The van der Waals surface area contributed by atoms with Crippen LogP contribution in [0.1, 0.15) is 22.3 Å². The summed E-state index contributed by atoms with van der Waals surface area (Å²) in [6, 6.07) is 14.0. The van der Waals surface area contributed by atoms with Crippen molar-refractivity contribution in [3.05, 3.63) is 64.7 Å². The third kappa shape index (κ3) is 2.88. The van der Waals surface area contributed by atoms with Crippen LogP contribution < -0.4 is 0 Å². The molecular formula is C16H18OS. The van der Waals surface area contributed by atoms with Gasteiger partial charge in [0.05, 0.1) is 16.6 Å². The smallest absolute Gasteiger partial charge is 0.0574 e. The lowest BCUT2D eigenvalue weighted by molar-refractivity contribution is 0.682. The van der Waals surface area contributed by atoms with Gasteiger partial charge in [0.1, 0.15) is 0 Å². The van der Waals surface area contributed by atoms with E-state index in [2.05, 4.69) is 32.9 Å². The van der Waals surface area contributed by atoms with Gasteiger partial charge in [0.25, 0.3) is 0 Å². The molecule has 0 N–H and O–H groups in total. The molecule has 18 heavy (non-hydrogen) atoms. The minimum Gasteiger partial charge on any atom is -0.254 e. The van der Waals surface area contributed by atoms with Gasteiger partial charge in [-0.2, -0.15) is 0 Å². The summed E-state index contributed by atoms with van der Waals surface area (Å²) >= 11 is 0. The van der Waals surface area contributed by atoms with Crippen LogP contribution in [-0.4, -0.2) is 4.21 Å². The van der Waals surface area contributed by atoms with Crippen molar-refractivity contribution in [2.24, 2.45) is 0 Å². The van der Waals surface area contributed by atoms with Crippen LogP contribution >= 0.6 is 0 Å². The van der Waals surface area contributed by atoms with Gasteiger partial charge in [-0.25, -0.2) is 0 Å². The van der Waals surface area contributed by atoms with Gasteiger partial charge < -0.3 is 0 Å². The number of benzene rings is 2. The monoisotopic (exact) mass is 258 g/mol. The van der Waals surface area contributed by atoms with E-state index < -0.39 is 10.8 Å². The van der Waals surface area contributed by atoms with Crippen molar-refractivity contribution in [2.45, 2.75) is 31.4 Å². The van der Waals surface area contributed by atoms with Gasteiger partial charge >= 0.3 is 0 Å². The Balaban J connectivity index is 2.28. The van der Waals surface area contributed by atoms with E-state index in [1.54, 1.807) is 0 Å². The zero-order valence-corrected chi connectivity index (χ0v) is 11.9. The largest absolute Gasteiger partial charge is 0.254 e. The first-order valence-corrected chi connectivity index (χ1v) is 7.40. The fraction of sp³-hybridized carbons (Fsp3) is 0.250. The third-order valence-corrected chi connectivity index (χ3v) is 4.47. The number of aryl methyl sites for hydroxylation is 3. The van der Waals surface area contributed by atoms with Gasteiger partial charge in [-0.1, -0.05) is 35.9 Å². The van der Waals surface area contributed by atoms with E-state index in [1.807, 2.05) is 30.3 Å². The zero-order chi connectivity index (χ0) is 13.1. The average Bonchev–Trinajstić information content (AvgIpc) is 2.34. The normalized spacial score (nSPS) is 12.4. The van der Waals surface area contributed by atoms with Crippen molar-refractivity contribution < 1.29 is 4.21 Å². The fourth-order valence-electron chi connectivity index (χ4n) is 2.22. The van der Waals surface area contributed by atoms with Gasteiger partial charge in [0, 0.05) is 4.90 Å². The van der Waals surface area contributed by atoms with E-state index >= 15 is 0 Å². The molecule has 0 unspecified atom stereocenters. The highest BCUT2D eigenvalue weighted by molar-refractivity contribution is 7.84. The standard InChI is InChI=1S/C16H18OS/c1-12-9-13(2)16(14(3)10-12)11-18(17)15-7-5-4-6-8-15/h4-10H,11H2,1-3H3/t18-/m0/s1. The minimum absolute atomic E-state index is 0.599. The van der Waals surface area contributed by atoms with Gasteiger partial charge in [-0.05, 0) is 49.6 Å². The predicted molar refractivity (Wildman–Crippen MR) is 77.2 cm³/mol. The van der Waals surface area contributed by atoms with Crippen LogP contribution in [0.5, 0.6) is 0 Å². The lowest BCUT2D eigenvalue weighted by Gasteiger charge is -2.11. The molecule has 0 aliphatic carbocycles. The Hall–Kier alpha value is -1.41. The molecule has 2 aromatic carbocycles. The van der Waals surface area contributed by atoms with Crippen LogP contribution in [-0.2, 0) is 16.6 Å². The Labute approximate surface area is 111 Å². The summed E-state index contributed by atoms with van der Waals surface area (Å²) in [6.45, 7) is 6.28. The van der Waals surface area contributed by atoms with E-state index in [-0.39, 0.29) is 0 Å². The number of hydrogen-bond donors (Lipinski definition) is 0. The summed E-state index contributed by atoms with van der Waals surface area (Å²) < 4.78 is 12.3. The van der Waals surface area contributed by atoms with Crippen molar-refractivity contribution in [1.82, 2.24) is 0 Å². The summed E-state index contributed by atoms with van der Waals surface area (Å²) in [4.78, 5) is 0.900. The summed E-state index contributed by atoms with van der Waals surface area (Å²) in [5.74, 6) is 0.599. The van der Waals surface area contributed by atoms with Crippen LogP contribution in [0.2, 0.25) is 0 Å². The van der Waals surface area contributed by atoms with Gasteiger partial charge in [0.2, 0.25) is 0 Å². The first-order chi connectivity index (χ1) is 8.58. The van der Waals surface area contributed by atoms with Crippen molar-refractivity contribution in [3.63, 3.8) is 0 Å². The Kier molecular flexibility index (Phi) is 3.97. The minimum atomic E-state index is -0.962. The van der Waals surface area contributed by atoms with E-state index in [9.17, 15) is 4.21 Å². The Morgan fingerprint density at radius 1 is 0.944 bits per heavy atom. The maximum Gasteiger partial charge on any atom is 0.0574 e. The molecule has 0 aliphatic rings. The maximum absolute atomic E-state index is 12.3. The molecule has 0 aromatic heterocycles. The first kappa shape index (κ1) is 13.0. The topological polar surface area (TPSA) is 17.1 Å². The second kappa shape index (κ2) is 5.49. The maximum atomic E-state index is 12.3. The molecule has 2 aromatic rings. The van der Waals surface area contributed by atoms with Crippen LogP contribution in [0.15, 0.2) is 47.4 Å². The van der Waals surface area contributed by atoms with E-state index in [1.165, 1.54) is 22.3 Å².